The molecular formula is C24H19F4N5O. The number of hydrogen-bond acceptors (Lipinski definition) is 4. The van der Waals surface area contributed by atoms with Crippen LogP contribution in [0.1, 0.15) is 16.2 Å². The zero-order valence-electron chi connectivity index (χ0n) is 17.8. The van der Waals surface area contributed by atoms with Crippen molar-refractivity contribution < 1.29 is 22.4 Å². The van der Waals surface area contributed by atoms with E-state index >= 15 is 0 Å². The lowest BCUT2D eigenvalue weighted by Crippen LogP contribution is -2.48. The lowest BCUT2D eigenvalue weighted by molar-refractivity contribution is -0.142. The van der Waals surface area contributed by atoms with Gasteiger partial charge in [0.2, 0.25) is 0 Å². The van der Waals surface area contributed by atoms with Crippen LogP contribution in [0.2, 0.25) is 0 Å². The van der Waals surface area contributed by atoms with Gasteiger partial charge in [0.1, 0.15) is 5.82 Å². The zero-order valence-corrected chi connectivity index (χ0v) is 17.8. The Balaban J connectivity index is 1.44. The first kappa shape index (κ1) is 21.9. The maximum Gasteiger partial charge on any atom is 0.433 e. The SMILES string of the molecule is O=C(c1cc2nc(-c3ccc(F)cc3)cc(C(F)(F)F)n2n1)N1CCN(c2ccccc2)CC1. The zero-order chi connectivity index (χ0) is 23.9. The molecule has 0 bridgehead atoms. The monoisotopic (exact) mass is 469 g/mol. The van der Waals surface area contributed by atoms with Gasteiger partial charge in [-0.25, -0.2) is 13.9 Å². The van der Waals surface area contributed by atoms with E-state index in [1.807, 2.05) is 30.3 Å². The second kappa shape index (κ2) is 8.44. The fraction of sp³-hybridized carbons (Fsp3) is 0.208. The first-order valence-electron chi connectivity index (χ1n) is 10.6. The Bertz CT molecular complexity index is 1330. The summed E-state index contributed by atoms with van der Waals surface area (Å²) in [7, 11) is 0. The summed E-state index contributed by atoms with van der Waals surface area (Å²) in [4.78, 5) is 21.0. The molecule has 5 rings (SSSR count). The standard InChI is InChI=1S/C24H19F4N5O/c25-17-8-6-16(7-9-17)19-14-21(24(26,27)28)33-22(29-19)15-20(30-33)23(34)32-12-10-31(11-13-32)18-4-2-1-3-5-18/h1-9,14-15H,10-13H2. The van der Waals surface area contributed by atoms with Crippen molar-refractivity contribution in [1.29, 1.82) is 0 Å². The number of carbonyl (C=O) groups is 1. The predicted molar refractivity (Wildman–Crippen MR) is 118 cm³/mol. The number of benzene rings is 2. The van der Waals surface area contributed by atoms with Crippen LogP contribution in [0.15, 0.2) is 66.7 Å². The molecule has 34 heavy (non-hydrogen) atoms. The Hall–Kier alpha value is -3.95. The minimum absolute atomic E-state index is 0.00944. The minimum atomic E-state index is -4.73. The molecule has 0 saturated carbocycles. The molecule has 3 heterocycles. The quantitative estimate of drug-likeness (QED) is 0.414. The second-order valence-corrected chi connectivity index (χ2v) is 7.95. The molecule has 0 radical (unpaired) electrons. The van der Waals surface area contributed by atoms with E-state index < -0.39 is 23.6 Å². The molecule has 1 fully saturated rings. The Morgan fingerprint density at radius 2 is 1.56 bits per heavy atom. The smallest absolute Gasteiger partial charge is 0.368 e. The number of hydrogen-bond donors (Lipinski definition) is 0. The van der Waals surface area contributed by atoms with E-state index in [1.54, 1.807) is 4.90 Å². The summed E-state index contributed by atoms with van der Waals surface area (Å²) in [5.74, 6) is -0.958. The second-order valence-electron chi connectivity index (χ2n) is 7.95. The number of piperazine rings is 1. The summed E-state index contributed by atoms with van der Waals surface area (Å²) >= 11 is 0. The number of aromatic nitrogens is 3. The summed E-state index contributed by atoms with van der Waals surface area (Å²) < 4.78 is 55.3. The van der Waals surface area contributed by atoms with Crippen LogP contribution in [0.5, 0.6) is 0 Å². The van der Waals surface area contributed by atoms with Crippen molar-refractivity contribution in [3.63, 3.8) is 0 Å². The van der Waals surface area contributed by atoms with E-state index in [9.17, 15) is 22.4 Å². The van der Waals surface area contributed by atoms with Crippen molar-refractivity contribution in [2.75, 3.05) is 31.1 Å². The van der Waals surface area contributed by atoms with Crippen LogP contribution in [0.3, 0.4) is 0 Å². The average Bonchev–Trinajstić information content (AvgIpc) is 3.27. The molecule has 1 aliphatic rings. The molecule has 0 aliphatic carbocycles. The van der Waals surface area contributed by atoms with E-state index in [2.05, 4.69) is 15.0 Å². The van der Waals surface area contributed by atoms with Gasteiger partial charge in [-0.15, -0.1) is 0 Å². The molecule has 0 atom stereocenters. The molecule has 4 aromatic rings. The molecule has 1 amide bonds. The number of fused-ring (bicyclic) bond motifs is 1. The summed E-state index contributed by atoms with van der Waals surface area (Å²) in [6.07, 6.45) is -4.73. The summed E-state index contributed by atoms with van der Waals surface area (Å²) in [6, 6.07) is 16.9. The van der Waals surface area contributed by atoms with Gasteiger partial charge < -0.3 is 9.80 Å². The van der Waals surface area contributed by atoms with E-state index in [-0.39, 0.29) is 17.0 Å². The van der Waals surface area contributed by atoms with Crippen LogP contribution >= 0.6 is 0 Å². The van der Waals surface area contributed by atoms with Crippen molar-refractivity contribution in [1.82, 2.24) is 19.5 Å². The number of para-hydroxylation sites is 1. The number of carbonyl (C=O) groups excluding carboxylic acids is 1. The highest BCUT2D eigenvalue weighted by molar-refractivity contribution is 5.93. The maximum atomic E-state index is 13.8. The number of anilines is 1. The van der Waals surface area contributed by atoms with Crippen molar-refractivity contribution in [2.24, 2.45) is 0 Å². The highest BCUT2D eigenvalue weighted by atomic mass is 19.4. The van der Waals surface area contributed by atoms with Crippen molar-refractivity contribution in [3.05, 3.63) is 83.9 Å². The van der Waals surface area contributed by atoms with Gasteiger partial charge in [-0.1, -0.05) is 18.2 Å². The molecule has 2 aromatic carbocycles. The molecule has 2 aromatic heterocycles. The molecule has 0 spiro atoms. The van der Waals surface area contributed by atoms with E-state index in [0.717, 1.165) is 23.9 Å². The first-order valence-corrected chi connectivity index (χ1v) is 10.6. The number of halogens is 4. The van der Waals surface area contributed by atoms with Crippen LogP contribution in [0.4, 0.5) is 23.2 Å². The Labute approximate surface area is 192 Å². The molecule has 10 heteroatoms. The normalized spacial score (nSPS) is 14.6. The number of amides is 1. The van der Waals surface area contributed by atoms with E-state index in [4.69, 9.17) is 0 Å². The van der Waals surface area contributed by atoms with E-state index in [1.165, 1.54) is 18.2 Å². The molecule has 174 valence electrons. The number of nitrogens with zero attached hydrogens (tertiary/aromatic N) is 5. The largest absolute Gasteiger partial charge is 0.433 e. The van der Waals surface area contributed by atoms with Gasteiger partial charge in [0.15, 0.2) is 17.0 Å². The van der Waals surface area contributed by atoms with Crippen LogP contribution in [-0.4, -0.2) is 51.6 Å². The van der Waals surface area contributed by atoms with E-state index in [0.29, 0.717) is 36.3 Å². The lowest BCUT2D eigenvalue weighted by atomic mass is 10.1. The minimum Gasteiger partial charge on any atom is -0.368 e. The Kier molecular flexibility index (Phi) is 5.43. The van der Waals surface area contributed by atoms with Crippen molar-refractivity contribution in [3.8, 4) is 11.3 Å². The summed E-state index contributed by atoms with van der Waals surface area (Å²) in [6.45, 7) is 2.04. The predicted octanol–water partition coefficient (Wildman–Crippen LogP) is 4.52. The van der Waals surface area contributed by atoms with Gasteiger partial charge in [-0.05, 0) is 42.5 Å². The summed E-state index contributed by atoms with van der Waals surface area (Å²) in [5.41, 5.74) is 0.0954. The number of rotatable bonds is 3. The third-order valence-electron chi connectivity index (χ3n) is 5.76. The van der Waals surface area contributed by atoms with Crippen LogP contribution in [0, 0.1) is 5.82 Å². The first-order chi connectivity index (χ1) is 16.3. The molecule has 1 aliphatic heterocycles. The molecular weight excluding hydrogens is 450 g/mol. The van der Waals surface area contributed by atoms with Gasteiger partial charge in [-0.3, -0.25) is 4.79 Å². The van der Waals surface area contributed by atoms with Gasteiger partial charge in [-0.2, -0.15) is 18.3 Å². The average molecular weight is 469 g/mol. The van der Waals surface area contributed by atoms with Gasteiger partial charge >= 0.3 is 6.18 Å². The molecule has 0 unspecified atom stereocenters. The summed E-state index contributed by atoms with van der Waals surface area (Å²) in [5, 5.41) is 3.95. The van der Waals surface area contributed by atoms with Gasteiger partial charge in [0, 0.05) is 43.5 Å². The number of alkyl halides is 3. The topological polar surface area (TPSA) is 53.7 Å². The van der Waals surface area contributed by atoms with Crippen molar-refractivity contribution in [2.45, 2.75) is 6.18 Å². The maximum absolute atomic E-state index is 13.8. The van der Waals surface area contributed by atoms with Crippen molar-refractivity contribution >= 4 is 17.2 Å². The third-order valence-corrected chi connectivity index (χ3v) is 5.76. The van der Waals surface area contributed by atoms with Gasteiger partial charge in [0.25, 0.3) is 5.91 Å². The van der Waals surface area contributed by atoms with Crippen LogP contribution in [-0.2, 0) is 6.18 Å². The lowest BCUT2D eigenvalue weighted by Gasteiger charge is -2.35. The Morgan fingerprint density at radius 3 is 2.21 bits per heavy atom. The Morgan fingerprint density at radius 1 is 0.882 bits per heavy atom. The molecule has 0 N–H and O–H groups in total. The van der Waals surface area contributed by atoms with Crippen LogP contribution < -0.4 is 4.90 Å². The highest BCUT2D eigenvalue weighted by Gasteiger charge is 2.36. The fourth-order valence-electron chi connectivity index (χ4n) is 4.02. The van der Waals surface area contributed by atoms with Crippen LogP contribution in [0.25, 0.3) is 16.9 Å². The highest BCUT2D eigenvalue weighted by Crippen LogP contribution is 2.32. The van der Waals surface area contributed by atoms with Gasteiger partial charge in [0.05, 0.1) is 5.69 Å². The fourth-order valence-corrected chi connectivity index (χ4v) is 4.02. The molecule has 1 saturated heterocycles. The third kappa shape index (κ3) is 4.18. The molecule has 6 nitrogen and oxygen atoms in total.